The highest BCUT2D eigenvalue weighted by Gasteiger charge is 2.25. The van der Waals surface area contributed by atoms with Crippen molar-refractivity contribution >= 4 is 39.7 Å². The number of carbonyl (C=O) groups excluding carboxylic acids is 1. The largest absolute Gasteiger partial charge is 0.465 e. The highest BCUT2D eigenvalue weighted by molar-refractivity contribution is 7.89. The minimum absolute atomic E-state index is 0. The predicted molar refractivity (Wildman–Crippen MR) is 80.9 cm³/mol. The molecule has 0 bridgehead atoms. The molecular formula is C11H19ClN2O4S2. The van der Waals surface area contributed by atoms with Crippen molar-refractivity contribution in [2.24, 2.45) is 11.7 Å². The highest BCUT2D eigenvalue weighted by atomic mass is 35.5. The van der Waals surface area contributed by atoms with E-state index in [0.717, 1.165) is 11.3 Å². The molecule has 3 N–H and O–H groups in total. The maximum atomic E-state index is 12.1. The van der Waals surface area contributed by atoms with E-state index < -0.39 is 16.0 Å². The van der Waals surface area contributed by atoms with E-state index in [-0.39, 0.29) is 40.7 Å². The number of hydrogen-bond acceptors (Lipinski definition) is 6. The third-order valence-corrected chi connectivity index (χ3v) is 5.14. The lowest BCUT2D eigenvalue weighted by molar-refractivity contribution is 0.0602. The first kappa shape index (κ1) is 19.3. The van der Waals surface area contributed by atoms with Crippen LogP contribution >= 0.6 is 23.7 Å². The van der Waals surface area contributed by atoms with Crippen molar-refractivity contribution in [2.45, 2.75) is 24.8 Å². The number of rotatable bonds is 6. The van der Waals surface area contributed by atoms with Gasteiger partial charge in [0.1, 0.15) is 9.77 Å². The average Bonchev–Trinajstić information content (AvgIpc) is 2.84. The maximum absolute atomic E-state index is 12.1. The van der Waals surface area contributed by atoms with Crippen molar-refractivity contribution in [3.8, 4) is 0 Å². The summed E-state index contributed by atoms with van der Waals surface area (Å²) in [4.78, 5) is 11.5. The van der Waals surface area contributed by atoms with Crippen molar-refractivity contribution in [3.63, 3.8) is 0 Å². The monoisotopic (exact) mass is 342 g/mol. The van der Waals surface area contributed by atoms with Crippen molar-refractivity contribution in [2.75, 3.05) is 13.7 Å². The zero-order valence-electron chi connectivity index (χ0n) is 11.5. The number of sulfonamides is 1. The Bertz CT molecular complexity index is 542. The van der Waals surface area contributed by atoms with Crippen LogP contribution in [-0.4, -0.2) is 34.1 Å². The van der Waals surface area contributed by atoms with E-state index in [2.05, 4.69) is 9.46 Å². The molecule has 0 saturated heterocycles. The SMILES string of the molecule is COC(=O)c1sccc1S(=O)(=O)NCC(N)C(C)C.Cl. The van der Waals surface area contributed by atoms with Crippen LogP contribution in [0.4, 0.5) is 0 Å². The molecule has 6 nitrogen and oxygen atoms in total. The zero-order valence-corrected chi connectivity index (χ0v) is 13.9. The molecule has 1 aromatic rings. The molecule has 9 heteroatoms. The van der Waals surface area contributed by atoms with Crippen LogP contribution in [0.3, 0.4) is 0 Å². The summed E-state index contributed by atoms with van der Waals surface area (Å²) in [5.41, 5.74) is 5.79. The fourth-order valence-electron chi connectivity index (χ4n) is 1.27. The number of hydrogen-bond donors (Lipinski definition) is 2. The van der Waals surface area contributed by atoms with Crippen LogP contribution in [0.15, 0.2) is 16.3 Å². The Balaban J connectivity index is 0.00000361. The summed E-state index contributed by atoms with van der Waals surface area (Å²) in [6.45, 7) is 3.93. The lowest BCUT2D eigenvalue weighted by Crippen LogP contribution is -2.40. The first-order chi connectivity index (χ1) is 8.79. The second-order valence-corrected chi connectivity index (χ2v) is 7.02. The fourth-order valence-corrected chi connectivity index (χ4v) is 3.68. The zero-order chi connectivity index (χ0) is 14.6. The van der Waals surface area contributed by atoms with E-state index in [1.54, 1.807) is 0 Å². The Morgan fingerprint density at radius 3 is 2.60 bits per heavy atom. The molecule has 0 fully saturated rings. The van der Waals surface area contributed by atoms with Crippen LogP contribution in [0.25, 0.3) is 0 Å². The summed E-state index contributed by atoms with van der Waals surface area (Å²) in [6.07, 6.45) is 0. The molecule has 20 heavy (non-hydrogen) atoms. The molecule has 0 amide bonds. The van der Waals surface area contributed by atoms with Gasteiger partial charge < -0.3 is 10.5 Å². The van der Waals surface area contributed by atoms with E-state index in [4.69, 9.17) is 5.73 Å². The number of methoxy groups -OCH3 is 1. The van der Waals surface area contributed by atoms with Crippen LogP contribution in [0.1, 0.15) is 23.5 Å². The van der Waals surface area contributed by atoms with Crippen LogP contribution < -0.4 is 10.5 Å². The first-order valence-corrected chi connectivity index (χ1v) is 8.07. The average molecular weight is 343 g/mol. The maximum Gasteiger partial charge on any atom is 0.349 e. The van der Waals surface area contributed by atoms with Crippen molar-refractivity contribution in [3.05, 3.63) is 16.3 Å². The number of esters is 1. The summed E-state index contributed by atoms with van der Waals surface area (Å²) in [7, 11) is -2.54. The number of nitrogens with two attached hydrogens (primary N) is 1. The number of carbonyl (C=O) groups is 1. The molecule has 1 unspecified atom stereocenters. The Morgan fingerprint density at radius 1 is 1.50 bits per heavy atom. The highest BCUT2D eigenvalue weighted by Crippen LogP contribution is 2.22. The van der Waals surface area contributed by atoms with E-state index >= 15 is 0 Å². The van der Waals surface area contributed by atoms with Gasteiger partial charge in [-0.1, -0.05) is 13.8 Å². The molecule has 0 aliphatic heterocycles. The molecule has 0 aliphatic rings. The van der Waals surface area contributed by atoms with Gasteiger partial charge in [0, 0.05) is 12.6 Å². The van der Waals surface area contributed by atoms with Gasteiger partial charge >= 0.3 is 5.97 Å². The van der Waals surface area contributed by atoms with Gasteiger partial charge in [0.25, 0.3) is 0 Å². The third kappa shape index (κ3) is 4.71. The minimum atomic E-state index is -3.75. The molecule has 0 aromatic carbocycles. The number of thiophene rings is 1. The van der Waals surface area contributed by atoms with E-state index in [9.17, 15) is 13.2 Å². The minimum Gasteiger partial charge on any atom is -0.465 e. The van der Waals surface area contributed by atoms with Crippen LogP contribution in [-0.2, 0) is 14.8 Å². The van der Waals surface area contributed by atoms with Gasteiger partial charge in [0.2, 0.25) is 10.0 Å². The van der Waals surface area contributed by atoms with E-state index in [0.29, 0.717) is 0 Å². The molecule has 116 valence electrons. The summed E-state index contributed by atoms with van der Waals surface area (Å²) < 4.78 is 31.1. The third-order valence-electron chi connectivity index (χ3n) is 2.65. The Kier molecular flexibility index (Phi) is 7.67. The number of ether oxygens (including phenoxy) is 1. The molecule has 0 aliphatic carbocycles. The van der Waals surface area contributed by atoms with Gasteiger partial charge in [-0.2, -0.15) is 0 Å². The normalized spacial score (nSPS) is 12.8. The molecular weight excluding hydrogens is 324 g/mol. The Hall–Kier alpha value is -0.670. The molecule has 1 aromatic heterocycles. The van der Waals surface area contributed by atoms with Gasteiger partial charge in [-0.15, -0.1) is 23.7 Å². The lowest BCUT2D eigenvalue weighted by atomic mass is 10.1. The van der Waals surface area contributed by atoms with Gasteiger partial charge in [-0.05, 0) is 17.4 Å². The standard InChI is InChI=1S/C11H18N2O4S2.ClH/c1-7(2)8(12)6-13-19(15,16)9-4-5-18-10(9)11(14)17-3;/h4-5,7-8,13H,6,12H2,1-3H3;1H. The summed E-state index contributed by atoms with van der Waals surface area (Å²) in [5.74, 6) is -0.506. The summed E-state index contributed by atoms with van der Waals surface area (Å²) >= 11 is 1.02. The molecule has 1 atom stereocenters. The quantitative estimate of drug-likeness (QED) is 0.757. The van der Waals surface area contributed by atoms with Crippen molar-refractivity contribution < 1.29 is 17.9 Å². The predicted octanol–water partition coefficient (Wildman–Crippen LogP) is 1.22. The summed E-state index contributed by atoms with van der Waals surface area (Å²) in [6, 6.07) is 1.09. The van der Waals surface area contributed by atoms with Crippen LogP contribution in [0.5, 0.6) is 0 Å². The number of halogens is 1. The van der Waals surface area contributed by atoms with Crippen LogP contribution in [0.2, 0.25) is 0 Å². The fraction of sp³-hybridized carbons (Fsp3) is 0.545. The molecule has 0 spiro atoms. The number of nitrogens with one attached hydrogen (secondary N) is 1. The molecule has 1 rings (SSSR count). The summed E-state index contributed by atoms with van der Waals surface area (Å²) in [5, 5.41) is 1.53. The Morgan fingerprint density at radius 2 is 2.10 bits per heavy atom. The first-order valence-electron chi connectivity index (χ1n) is 5.70. The second kappa shape index (κ2) is 7.94. The molecule has 0 radical (unpaired) electrons. The van der Waals surface area contributed by atoms with Crippen molar-refractivity contribution in [1.82, 2.24) is 4.72 Å². The van der Waals surface area contributed by atoms with Gasteiger partial charge in [-0.3, -0.25) is 0 Å². The van der Waals surface area contributed by atoms with E-state index in [1.165, 1.54) is 18.6 Å². The Labute approximate surface area is 129 Å². The molecule has 1 heterocycles. The van der Waals surface area contributed by atoms with Gasteiger partial charge in [0.15, 0.2) is 0 Å². The lowest BCUT2D eigenvalue weighted by Gasteiger charge is -2.16. The van der Waals surface area contributed by atoms with Gasteiger partial charge in [0.05, 0.1) is 7.11 Å². The topological polar surface area (TPSA) is 98.5 Å². The van der Waals surface area contributed by atoms with Gasteiger partial charge in [-0.25, -0.2) is 17.9 Å². The van der Waals surface area contributed by atoms with E-state index in [1.807, 2.05) is 13.8 Å². The van der Waals surface area contributed by atoms with Crippen LogP contribution in [0, 0.1) is 5.92 Å². The second-order valence-electron chi connectivity index (χ2n) is 4.37. The smallest absolute Gasteiger partial charge is 0.349 e. The molecule has 0 saturated carbocycles. The van der Waals surface area contributed by atoms with Crippen molar-refractivity contribution in [1.29, 1.82) is 0 Å².